The van der Waals surface area contributed by atoms with Crippen LogP contribution >= 0.6 is 0 Å². The van der Waals surface area contributed by atoms with E-state index in [1.54, 1.807) is 0 Å². The largest absolute Gasteiger partial charge is 0.378 e. The summed E-state index contributed by atoms with van der Waals surface area (Å²) >= 11 is 0. The molecule has 1 saturated heterocycles. The minimum Gasteiger partial charge on any atom is -0.378 e. The summed E-state index contributed by atoms with van der Waals surface area (Å²) in [5, 5.41) is 14.5. The molecular weight excluding hydrogens is 590 g/mol. The second-order valence-corrected chi connectivity index (χ2v) is 13.6. The molecule has 248 valence electrons. The second kappa shape index (κ2) is 14.0. The van der Waals surface area contributed by atoms with Crippen molar-refractivity contribution in [3.05, 3.63) is 75.7 Å². The first-order valence-electron chi connectivity index (χ1n) is 17.7. The first-order chi connectivity index (χ1) is 23.1. The van der Waals surface area contributed by atoms with Crippen molar-refractivity contribution in [2.75, 3.05) is 26.3 Å². The van der Waals surface area contributed by atoms with Gasteiger partial charge in [-0.3, -0.25) is 14.3 Å². The van der Waals surface area contributed by atoms with Crippen LogP contribution in [0.2, 0.25) is 0 Å². The van der Waals surface area contributed by atoms with Crippen LogP contribution in [-0.2, 0) is 28.9 Å². The minimum atomic E-state index is -0.464. The van der Waals surface area contributed by atoms with E-state index in [1.807, 2.05) is 22.9 Å². The number of carbonyl (C=O) groups excluding carboxylic acids is 1. The third-order valence-corrected chi connectivity index (χ3v) is 10.8. The van der Waals surface area contributed by atoms with E-state index >= 15 is 0 Å². The number of unbranched alkanes of at least 4 members (excludes halogenated alkanes) is 2. The summed E-state index contributed by atoms with van der Waals surface area (Å²) in [4.78, 5) is 31.0. The van der Waals surface area contributed by atoms with Gasteiger partial charge in [0.15, 0.2) is 5.82 Å². The second-order valence-electron chi connectivity index (χ2n) is 13.6. The van der Waals surface area contributed by atoms with Crippen LogP contribution in [0.15, 0.2) is 53.3 Å². The number of hydrogen-bond acceptors (Lipinski definition) is 6. The number of tetrazole rings is 1. The molecule has 1 unspecified atom stereocenters. The molecule has 1 atom stereocenters. The normalized spacial score (nSPS) is 19.4. The summed E-state index contributed by atoms with van der Waals surface area (Å²) in [7, 11) is 0. The molecule has 2 aromatic carbocycles. The molecule has 0 radical (unpaired) electrons. The van der Waals surface area contributed by atoms with Crippen LogP contribution in [0.1, 0.15) is 94.0 Å². The van der Waals surface area contributed by atoms with Crippen molar-refractivity contribution < 1.29 is 9.53 Å². The smallest absolute Gasteiger partial charge is 0.270 e. The average Bonchev–Trinajstić information content (AvgIpc) is 3.76. The van der Waals surface area contributed by atoms with Gasteiger partial charge < -0.3 is 9.64 Å². The molecule has 3 aliphatic rings. The quantitative estimate of drug-likeness (QED) is 0.215. The fourth-order valence-corrected chi connectivity index (χ4v) is 8.45. The molecule has 2 aliphatic heterocycles. The number of H-pyrrole nitrogens is 1. The molecule has 0 spiro atoms. The Hall–Kier alpha value is -4.05. The van der Waals surface area contributed by atoms with Gasteiger partial charge in [-0.2, -0.15) is 0 Å². The van der Waals surface area contributed by atoms with E-state index in [2.05, 4.69) is 67.5 Å². The monoisotopic (exact) mass is 637 g/mol. The first-order valence-corrected chi connectivity index (χ1v) is 17.7. The summed E-state index contributed by atoms with van der Waals surface area (Å²) in [6.45, 7) is 5.47. The highest BCUT2D eigenvalue weighted by atomic mass is 16.5. The van der Waals surface area contributed by atoms with Gasteiger partial charge >= 0.3 is 0 Å². The van der Waals surface area contributed by atoms with Crippen LogP contribution in [0.4, 0.5) is 0 Å². The van der Waals surface area contributed by atoms with Crippen LogP contribution < -0.4 is 5.56 Å². The Morgan fingerprint density at radius 1 is 0.957 bits per heavy atom. The lowest BCUT2D eigenvalue weighted by Gasteiger charge is -2.48. The predicted molar refractivity (Wildman–Crippen MR) is 181 cm³/mol. The lowest BCUT2D eigenvalue weighted by atomic mass is 9.66. The standard InChI is InChI=1S/C37H47N7O3/c1-2-3-5-13-32-31(26-27-15-17-28(18-16-27)29-11-6-7-12-30(29)34-38-40-41-39-34)35(45)43-21-10-14-33(44(32)43)37(19-8-4-9-20-37)36(46)42-22-24-47-25-23-42/h6-7,11-12,15-18,33H,2-5,8-10,13-14,19-26H2,1H3,(H,38,39,40,41). The van der Waals surface area contributed by atoms with Crippen LogP contribution in [0, 0.1) is 5.41 Å². The maximum atomic E-state index is 14.5. The molecule has 1 aliphatic carbocycles. The SMILES string of the molecule is CCCCCc1c(Cc2ccc(-c3ccccc3-c3nnn[nH]3)cc2)c(=O)n2n1C(C1(C(=O)N3CCOCC3)CCCCC1)CCC2. The van der Waals surface area contributed by atoms with Gasteiger partial charge in [0, 0.05) is 42.9 Å². The molecule has 47 heavy (non-hydrogen) atoms. The van der Waals surface area contributed by atoms with Crippen LogP contribution in [0.25, 0.3) is 22.5 Å². The molecule has 0 bridgehead atoms. The van der Waals surface area contributed by atoms with E-state index < -0.39 is 5.41 Å². The number of fused-ring (bicyclic) bond motifs is 1. The van der Waals surface area contributed by atoms with Gasteiger partial charge in [-0.25, -0.2) is 9.78 Å². The average molecular weight is 638 g/mol. The van der Waals surface area contributed by atoms with E-state index in [4.69, 9.17) is 4.74 Å². The number of benzene rings is 2. The van der Waals surface area contributed by atoms with E-state index in [-0.39, 0.29) is 17.5 Å². The van der Waals surface area contributed by atoms with Crippen molar-refractivity contribution in [3.63, 3.8) is 0 Å². The summed E-state index contributed by atoms with van der Waals surface area (Å²) in [6.07, 6.45) is 11.7. The molecule has 1 saturated carbocycles. The minimum absolute atomic E-state index is 0.00873. The van der Waals surface area contributed by atoms with Crippen LogP contribution in [0.5, 0.6) is 0 Å². The maximum Gasteiger partial charge on any atom is 0.270 e. The number of hydrogen-bond donors (Lipinski definition) is 1. The highest BCUT2D eigenvalue weighted by Gasteiger charge is 2.51. The fourth-order valence-electron chi connectivity index (χ4n) is 8.45. The van der Waals surface area contributed by atoms with E-state index in [0.717, 1.165) is 97.7 Å². The summed E-state index contributed by atoms with van der Waals surface area (Å²) in [5.74, 6) is 0.921. The van der Waals surface area contributed by atoms with Gasteiger partial charge in [0.05, 0.1) is 24.7 Å². The third kappa shape index (κ3) is 6.08. The summed E-state index contributed by atoms with van der Waals surface area (Å²) < 4.78 is 10.00. The number of aromatic amines is 1. The predicted octanol–water partition coefficient (Wildman–Crippen LogP) is 5.96. The lowest BCUT2D eigenvalue weighted by molar-refractivity contribution is -0.153. The van der Waals surface area contributed by atoms with Gasteiger partial charge in [-0.05, 0) is 65.6 Å². The maximum absolute atomic E-state index is 14.5. The Bertz CT molecular complexity index is 1710. The third-order valence-electron chi connectivity index (χ3n) is 10.8. The number of nitrogens with zero attached hydrogens (tertiary/aromatic N) is 6. The Morgan fingerprint density at radius 2 is 1.72 bits per heavy atom. The molecule has 2 aromatic heterocycles. The Balaban J connectivity index is 1.25. The van der Waals surface area contributed by atoms with Crippen molar-refractivity contribution in [2.24, 2.45) is 5.41 Å². The lowest BCUT2D eigenvalue weighted by Crippen LogP contribution is -2.54. The van der Waals surface area contributed by atoms with Crippen LogP contribution in [-0.4, -0.2) is 67.1 Å². The zero-order valence-electron chi connectivity index (χ0n) is 27.6. The number of ether oxygens (including phenoxy) is 1. The zero-order valence-corrected chi connectivity index (χ0v) is 27.6. The highest BCUT2D eigenvalue weighted by molar-refractivity contribution is 5.84. The molecule has 10 heteroatoms. The van der Waals surface area contributed by atoms with Crippen molar-refractivity contribution in [1.29, 1.82) is 0 Å². The van der Waals surface area contributed by atoms with Gasteiger partial charge in [0.2, 0.25) is 5.91 Å². The molecular formula is C37H47N7O3. The highest BCUT2D eigenvalue weighted by Crippen LogP contribution is 2.50. The van der Waals surface area contributed by atoms with Gasteiger partial charge in [-0.1, -0.05) is 87.6 Å². The zero-order chi connectivity index (χ0) is 32.2. The number of nitrogens with one attached hydrogen (secondary N) is 1. The molecule has 4 aromatic rings. The van der Waals surface area contributed by atoms with Gasteiger partial charge in [0.1, 0.15) is 0 Å². The summed E-state index contributed by atoms with van der Waals surface area (Å²) in [6, 6.07) is 16.6. The molecule has 7 rings (SSSR count). The Morgan fingerprint density at radius 3 is 2.45 bits per heavy atom. The molecule has 1 N–H and O–H groups in total. The first kappa shape index (κ1) is 31.5. The molecule has 4 heterocycles. The number of aromatic nitrogens is 6. The molecule has 2 fully saturated rings. The topological polar surface area (TPSA) is 111 Å². The van der Waals surface area contributed by atoms with Crippen molar-refractivity contribution >= 4 is 5.91 Å². The van der Waals surface area contributed by atoms with Crippen molar-refractivity contribution in [1.82, 2.24) is 34.9 Å². The number of morpholine rings is 1. The molecule has 10 nitrogen and oxygen atoms in total. The molecule has 1 amide bonds. The van der Waals surface area contributed by atoms with E-state index in [1.165, 1.54) is 6.42 Å². The Kier molecular flexibility index (Phi) is 9.38. The summed E-state index contributed by atoms with van der Waals surface area (Å²) in [5.41, 5.74) is 5.88. The number of rotatable bonds is 10. The Labute approximate surface area is 276 Å². The van der Waals surface area contributed by atoms with E-state index in [9.17, 15) is 9.59 Å². The van der Waals surface area contributed by atoms with Crippen molar-refractivity contribution in [3.8, 4) is 22.5 Å². The van der Waals surface area contributed by atoms with E-state index in [0.29, 0.717) is 45.1 Å². The van der Waals surface area contributed by atoms with Crippen LogP contribution in [0.3, 0.4) is 0 Å². The van der Waals surface area contributed by atoms with Crippen molar-refractivity contribution in [2.45, 2.75) is 96.6 Å². The van der Waals surface area contributed by atoms with Gasteiger partial charge in [0.25, 0.3) is 5.56 Å². The fraction of sp³-hybridized carbons (Fsp3) is 0.541. The van der Waals surface area contributed by atoms with Gasteiger partial charge in [-0.15, -0.1) is 5.10 Å². The number of carbonyl (C=O) groups is 1. The number of amides is 1.